The molecule has 7 heteroatoms. The fourth-order valence-corrected chi connectivity index (χ4v) is 4.62. The van der Waals surface area contributed by atoms with Crippen LogP contribution in [0, 0.1) is 0 Å². The Labute approximate surface area is 145 Å². The van der Waals surface area contributed by atoms with E-state index in [0.29, 0.717) is 25.3 Å². The minimum absolute atomic E-state index is 0.0562. The molecule has 1 N–H and O–H groups in total. The fourth-order valence-electron chi connectivity index (χ4n) is 4.62. The van der Waals surface area contributed by atoms with Crippen molar-refractivity contribution in [1.29, 1.82) is 0 Å². The van der Waals surface area contributed by atoms with Crippen LogP contribution in [-0.2, 0) is 16.0 Å². The van der Waals surface area contributed by atoms with Gasteiger partial charge in [0.1, 0.15) is 5.60 Å². The molecule has 4 aliphatic rings. The third kappa shape index (κ3) is 2.15. The van der Waals surface area contributed by atoms with Crippen molar-refractivity contribution in [3.63, 3.8) is 0 Å². The average Bonchev–Trinajstić information content (AvgIpc) is 3.17. The summed E-state index contributed by atoms with van der Waals surface area (Å²) >= 11 is 0. The molecule has 3 saturated heterocycles. The lowest BCUT2D eigenvalue weighted by molar-refractivity contribution is -0.205. The predicted octanol–water partition coefficient (Wildman–Crippen LogP) is 1.15. The van der Waals surface area contributed by atoms with E-state index in [9.17, 15) is 4.79 Å². The Morgan fingerprint density at radius 1 is 1.36 bits per heavy atom. The molecule has 130 valence electrons. The van der Waals surface area contributed by atoms with E-state index in [1.165, 1.54) is 0 Å². The first kappa shape index (κ1) is 15.0. The summed E-state index contributed by atoms with van der Waals surface area (Å²) in [4.78, 5) is 12.9. The monoisotopic (exact) mass is 340 g/mol. The van der Waals surface area contributed by atoms with Crippen molar-refractivity contribution in [3.05, 3.63) is 47.8 Å². The first-order valence-corrected chi connectivity index (χ1v) is 8.55. The second kappa shape index (κ2) is 4.89. The largest absolute Gasteiger partial charge is 0.375 e. The van der Waals surface area contributed by atoms with Gasteiger partial charge in [0.05, 0.1) is 37.1 Å². The van der Waals surface area contributed by atoms with Crippen LogP contribution in [0.25, 0.3) is 0 Å². The maximum atomic E-state index is 12.9. The summed E-state index contributed by atoms with van der Waals surface area (Å²) in [7, 11) is 0. The molecule has 25 heavy (non-hydrogen) atoms. The van der Waals surface area contributed by atoms with Crippen molar-refractivity contribution in [2.24, 2.45) is 0 Å². The van der Waals surface area contributed by atoms with Gasteiger partial charge < -0.3 is 14.8 Å². The number of amides is 1. The van der Waals surface area contributed by atoms with Gasteiger partial charge in [0.2, 0.25) is 0 Å². The SMILES string of the molecule is CC12CC(NC(=O)c3cccc(Cn4ccnn4)c3)(C1)C1(COC1)O2. The number of nitrogens with one attached hydrogen (secondary N) is 1. The number of benzene rings is 1. The number of rotatable bonds is 4. The molecule has 6 rings (SSSR count). The molecule has 3 aliphatic heterocycles. The molecule has 0 unspecified atom stereocenters. The van der Waals surface area contributed by atoms with Gasteiger partial charge in [-0.25, -0.2) is 4.68 Å². The van der Waals surface area contributed by atoms with E-state index >= 15 is 0 Å². The second-order valence-corrected chi connectivity index (χ2v) is 7.73. The molecule has 1 aromatic carbocycles. The lowest BCUT2D eigenvalue weighted by atomic mass is 9.61. The van der Waals surface area contributed by atoms with E-state index in [-0.39, 0.29) is 22.6 Å². The molecule has 0 radical (unpaired) electrons. The average molecular weight is 340 g/mol. The third-order valence-corrected chi connectivity index (χ3v) is 5.69. The zero-order chi connectivity index (χ0) is 17.1. The van der Waals surface area contributed by atoms with Gasteiger partial charge in [0, 0.05) is 24.6 Å². The Hall–Kier alpha value is -2.25. The van der Waals surface area contributed by atoms with Gasteiger partial charge in [-0.2, -0.15) is 0 Å². The highest BCUT2D eigenvalue weighted by atomic mass is 16.6. The van der Waals surface area contributed by atoms with E-state index < -0.39 is 0 Å². The minimum atomic E-state index is -0.338. The number of aromatic nitrogens is 3. The number of carbonyl (C=O) groups is 1. The van der Waals surface area contributed by atoms with Crippen LogP contribution >= 0.6 is 0 Å². The Balaban J connectivity index is 1.35. The quantitative estimate of drug-likeness (QED) is 0.903. The molecular formula is C18H20N4O3. The molecule has 4 fully saturated rings. The summed E-state index contributed by atoms with van der Waals surface area (Å²) in [6.07, 6.45) is 5.15. The zero-order valence-corrected chi connectivity index (χ0v) is 14.1. The first-order chi connectivity index (χ1) is 12.0. The second-order valence-electron chi connectivity index (χ2n) is 7.73. The molecule has 2 bridgehead atoms. The molecule has 4 heterocycles. The van der Waals surface area contributed by atoms with Gasteiger partial charge in [-0.15, -0.1) is 5.10 Å². The number of ether oxygens (including phenoxy) is 2. The van der Waals surface area contributed by atoms with E-state index in [1.54, 1.807) is 17.1 Å². The molecule has 1 saturated carbocycles. The number of carbonyl (C=O) groups excluding carboxylic acids is 1. The van der Waals surface area contributed by atoms with Crippen LogP contribution in [0.4, 0.5) is 0 Å². The summed E-state index contributed by atoms with van der Waals surface area (Å²) in [6.45, 7) is 3.83. The highest BCUT2D eigenvalue weighted by molar-refractivity contribution is 5.95. The Morgan fingerprint density at radius 2 is 2.20 bits per heavy atom. The van der Waals surface area contributed by atoms with Crippen LogP contribution in [0.3, 0.4) is 0 Å². The molecule has 0 atom stereocenters. The van der Waals surface area contributed by atoms with Gasteiger partial charge in [-0.1, -0.05) is 17.3 Å². The van der Waals surface area contributed by atoms with Gasteiger partial charge in [-0.05, 0) is 24.6 Å². The summed E-state index contributed by atoms with van der Waals surface area (Å²) in [5, 5.41) is 11.0. The molecule has 1 aromatic heterocycles. The normalized spacial score (nSPS) is 31.4. The third-order valence-electron chi connectivity index (χ3n) is 5.69. The molecule has 1 aliphatic carbocycles. The van der Waals surface area contributed by atoms with Crippen LogP contribution in [0.15, 0.2) is 36.7 Å². The standard InChI is InChI=1S/C18H20N4O3/c1-16-9-17(10-16,18(25-16)11-24-12-18)20-15(23)14-4-2-3-13(7-14)8-22-6-5-19-21-22/h2-7H,8-12H2,1H3,(H,20,23). The van der Waals surface area contributed by atoms with Gasteiger partial charge >= 0.3 is 0 Å². The zero-order valence-electron chi connectivity index (χ0n) is 14.1. The summed E-state index contributed by atoms with van der Waals surface area (Å²) in [6, 6.07) is 7.63. The van der Waals surface area contributed by atoms with E-state index in [1.807, 2.05) is 24.3 Å². The first-order valence-electron chi connectivity index (χ1n) is 8.55. The Kier molecular flexibility index (Phi) is 2.94. The van der Waals surface area contributed by atoms with Crippen molar-refractivity contribution < 1.29 is 14.3 Å². The molecular weight excluding hydrogens is 320 g/mol. The van der Waals surface area contributed by atoms with Crippen LogP contribution in [-0.4, -0.2) is 50.9 Å². The van der Waals surface area contributed by atoms with E-state index in [2.05, 4.69) is 22.6 Å². The lowest BCUT2D eigenvalue weighted by Crippen LogP contribution is -2.71. The topological polar surface area (TPSA) is 78.3 Å². The van der Waals surface area contributed by atoms with E-state index in [0.717, 1.165) is 18.4 Å². The van der Waals surface area contributed by atoms with E-state index in [4.69, 9.17) is 9.47 Å². The van der Waals surface area contributed by atoms with Crippen LogP contribution < -0.4 is 5.32 Å². The highest BCUT2D eigenvalue weighted by Gasteiger charge is 2.76. The van der Waals surface area contributed by atoms with Crippen LogP contribution in [0.2, 0.25) is 0 Å². The smallest absolute Gasteiger partial charge is 0.251 e. The van der Waals surface area contributed by atoms with Crippen molar-refractivity contribution >= 4 is 5.91 Å². The summed E-state index contributed by atoms with van der Waals surface area (Å²) in [5.74, 6) is -0.0562. The molecule has 2 aromatic rings. The van der Waals surface area contributed by atoms with Crippen molar-refractivity contribution in [2.75, 3.05) is 13.2 Å². The summed E-state index contributed by atoms with van der Waals surface area (Å²) in [5.41, 5.74) is 0.919. The Bertz CT molecular complexity index is 823. The van der Waals surface area contributed by atoms with Crippen molar-refractivity contribution in [2.45, 2.75) is 43.1 Å². The van der Waals surface area contributed by atoms with Gasteiger partial charge in [-0.3, -0.25) is 4.79 Å². The number of nitrogens with zero attached hydrogens (tertiary/aromatic N) is 3. The lowest BCUT2D eigenvalue weighted by Gasteiger charge is -2.50. The maximum absolute atomic E-state index is 12.9. The highest BCUT2D eigenvalue weighted by Crippen LogP contribution is 2.62. The van der Waals surface area contributed by atoms with Gasteiger partial charge in [0.25, 0.3) is 5.91 Å². The number of hydrogen-bond acceptors (Lipinski definition) is 5. The molecule has 1 spiro atoms. The van der Waals surface area contributed by atoms with Crippen molar-refractivity contribution in [1.82, 2.24) is 20.3 Å². The maximum Gasteiger partial charge on any atom is 0.251 e. The minimum Gasteiger partial charge on any atom is -0.375 e. The van der Waals surface area contributed by atoms with Crippen LogP contribution in [0.5, 0.6) is 0 Å². The predicted molar refractivity (Wildman–Crippen MR) is 88.0 cm³/mol. The summed E-state index contributed by atoms with van der Waals surface area (Å²) < 4.78 is 13.4. The Morgan fingerprint density at radius 3 is 2.88 bits per heavy atom. The molecule has 1 amide bonds. The number of hydrogen-bond donors (Lipinski definition) is 1. The molecule has 7 nitrogen and oxygen atoms in total. The fraction of sp³-hybridized carbons (Fsp3) is 0.500. The van der Waals surface area contributed by atoms with Crippen LogP contribution in [0.1, 0.15) is 35.7 Å². The van der Waals surface area contributed by atoms with Crippen molar-refractivity contribution in [3.8, 4) is 0 Å². The van der Waals surface area contributed by atoms with Gasteiger partial charge in [0.15, 0.2) is 0 Å².